The van der Waals surface area contributed by atoms with Crippen LogP contribution >= 0.6 is 8.10 Å². The fraction of sp³-hybridized carbons (Fsp3) is 0.917. The summed E-state index contributed by atoms with van der Waals surface area (Å²) < 4.78 is 14.4. The number of nitriles is 1. The van der Waals surface area contributed by atoms with E-state index < -0.39 is 14.1 Å². The number of hydrogen-bond donors (Lipinski definition) is 2. The lowest BCUT2D eigenvalue weighted by molar-refractivity contribution is -0.133. The van der Waals surface area contributed by atoms with Gasteiger partial charge in [0.2, 0.25) is 0 Å². The number of aliphatic hydroxyl groups excluding tert-OH is 2. The van der Waals surface area contributed by atoms with Crippen LogP contribution in [0.1, 0.15) is 34.1 Å². The molecule has 1 unspecified atom stereocenters. The third-order valence-corrected chi connectivity index (χ3v) is 4.69. The van der Waals surface area contributed by atoms with Gasteiger partial charge in [0.15, 0.2) is 0 Å². The van der Waals surface area contributed by atoms with E-state index in [1.807, 2.05) is 33.8 Å². The maximum atomic E-state index is 12.6. The number of hydroxylamine groups is 1. The van der Waals surface area contributed by atoms with Crippen molar-refractivity contribution < 1.29 is 19.6 Å². The number of nitrogens with zero attached hydrogens (tertiary/aromatic N) is 3. The van der Waals surface area contributed by atoms with Crippen molar-refractivity contribution in [3.63, 3.8) is 0 Å². The summed E-state index contributed by atoms with van der Waals surface area (Å²) in [5, 5.41) is 27.1. The van der Waals surface area contributed by atoms with Crippen LogP contribution in [0.5, 0.6) is 0 Å². The Morgan fingerprint density at radius 3 is 2.05 bits per heavy atom. The monoisotopic (exact) mass is 306 g/mol. The van der Waals surface area contributed by atoms with Crippen LogP contribution in [0.4, 0.5) is 0 Å². The molecule has 0 amide bonds. The summed E-state index contributed by atoms with van der Waals surface area (Å²) in [7, 11) is -2.09. The average molecular weight is 306 g/mol. The van der Waals surface area contributed by atoms with Gasteiger partial charge in [-0.2, -0.15) is 5.26 Å². The summed E-state index contributed by atoms with van der Waals surface area (Å²) in [6.07, 6.45) is 0.145. The standard InChI is InChI=1S/C12H25N3O4P/c1-10(2)14(11(3)4)20(18)15(12(8-16)9-17)19-7-5-6-13/h10-12,16-17H,5,7-9H2,1-4H3/q+1. The van der Waals surface area contributed by atoms with Crippen molar-refractivity contribution in [1.82, 2.24) is 9.50 Å². The first-order chi connectivity index (χ1) is 9.40. The minimum Gasteiger partial charge on any atom is -0.394 e. The quantitative estimate of drug-likeness (QED) is 0.356. The molecule has 0 saturated carbocycles. The van der Waals surface area contributed by atoms with E-state index in [0.717, 1.165) is 4.83 Å². The minimum absolute atomic E-state index is 0.0127. The van der Waals surface area contributed by atoms with E-state index in [1.165, 1.54) is 0 Å². The molecule has 0 aromatic rings. The molecule has 0 aliphatic rings. The van der Waals surface area contributed by atoms with Crippen molar-refractivity contribution in [1.29, 1.82) is 5.26 Å². The summed E-state index contributed by atoms with van der Waals surface area (Å²) >= 11 is 0. The van der Waals surface area contributed by atoms with E-state index in [-0.39, 0.29) is 38.3 Å². The van der Waals surface area contributed by atoms with Crippen LogP contribution in [-0.4, -0.2) is 57.7 Å². The molecule has 0 fully saturated rings. The van der Waals surface area contributed by atoms with Gasteiger partial charge in [0.1, 0.15) is 6.04 Å². The Labute approximate surface area is 121 Å². The van der Waals surface area contributed by atoms with E-state index in [0.29, 0.717) is 0 Å². The molecular weight excluding hydrogens is 281 g/mol. The first kappa shape index (κ1) is 19.4. The first-order valence-electron chi connectivity index (χ1n) is 6.66. The van der Waals surface area contributed by atoms with Crippen molar-refractivity contribution in [2.45, 2.75) is 52.2 Å². The second kappa shape index (κ2) is 10.2. The summed E-state index contributed by atoms with van der Waals surface area (Å²) in [5.74, 6) is 0. The van der Waals surface area contributed by atoms with Gasteiger partial charge in [-0.1, -0.05) is 4.67 Å². The maximum absolute atomic E-state index is 12.6. The molecule has 1 atom stereocenters. The van der Waals surface area contributed by atoms with Gasteiger partial charge in [-0.3, -0.25) is 4.84 Å². The van der Waals surface area contributed by atoms with E-state index in [1.54, 1.807) is 4.67 Å². The summed E-state index contributed by atoms with van der Waals surface area (Å²) in [5.41, 5.74) is 0. The molecule has 0 aromatic heterocycles. The second-order valence-electron chi connectivity index (χ2n) is 4.88. The average Bonchev–Trinajstić information content (AvgIpc) is 2.37. The van der Waals surface area contributed by atoms with E-state index in [2.05, 4.69) is 0 Å². The van der Waals surface area contributed by atoms with Crippen LogP contribution in [0.3, 0.4) is 0 Å². The van der Waals surface area contributed by atoms with Crippen molar-refractivity contribution in [3.8, 4) is 6.07 Å². The van der Waals surface area contributed by atoms with Crippen molar-refractivity contribution in [3.05, 3.63) is 0 Å². The smallest absolute Gasteiger partial charge is 0.394 e. The molecule has 2 N–H and O–H groups in total. The van der Waals surface area contributed by atoms with E-state index in [9.17, 15) is 14.8 Å². The zero-order valence-corrected chi connectivity index (χ0v) is 13.5. The van der Waals surface area contributed by atoms with Gasteiger partial charge in [0, 0.05) is 0 Å². The molecule has 20 heavy (non-hydrogen) atoms. The van der Waals surface area contributed by atoms with E-state index >= 15 is 0 Å². The van der Waals surface area contributed by atoms with Crippen LogP contribution in [0.2, 0.25) is 0 Å². The highest BCUT2D eigenvalue weighted by molar-refractivity contribution is 7.39. The van der Waals surface area contributed by atoms with Crippen molar-refractivity contribution in [2.75, 3.05) is 19.8 Å². The molecule has 0 rings (SSSR count). The van der Waals surface area contributed by atoms with Gasteiger partial charge >= 0.3 is 8.10 Å². The third kappa shape index (κ3) is 5.80. The normalized spacial score (nSPS) is 12.8. The van der Waals surface area contributed by atoms with Gasteiger partial charge in [0.25, 0.3) is 0 Å². The first-order valence-corrected chi connectivity index (χ1v) is 7.83. The molecule has 116 valence electrons. The number of aliphatic hydroxyl groups is 2. The maximum Gasteiger partial charge on any atom is 0.564 e. The van der Waals surface area contributed by atoms with Gasteiger partial charge in [-0.05, 0) is 32.3 Å². The van der Waals surface area contributed by atoms with Crippen LogP contribution in [0.15, 0.2) is 0 Å². The van der Waals surface area contributed by atoms with Crippen molar-refractivity contribution >= 4 is 8.10 Å². The Morgan fingerprint density at radius 1 is 1.20 bits per heavy atom. The summed E-state index contributed by atoms with van der Waals surface area (Å²) in [6.45, 7) is 6.95. The Bertz CT molecular complexity index is 321. The third-order valence-electron chi connectivity index (χ3n) is 2.60. The largest absolute Gasteiger partial charge is 0.564 e. The van der Waals surface area contributed by atoms with Crippen molar-refractivity contribution in [2.24, 2.45) is 0 Å². The summed E-state index contributed by atoms with van der Waals surface area (Å²) in [6, 6.07) is 1.17. The highest BCUT2D eigenvalue weighted by Crippen LogP contribution is 2.38. The van der Waals surface area contributed by atoms with E-state index in [4.69, 9.17) is 10.1 Å². The highest BCUT2D eigenvalue weighted by atomic mass is 31.1. The minimum atomic E-state index is -2.09. The molecular formula is C12H25N3O4P+. The highest BCUT2D eigenvalue weighted by Gasteiger charge is 2.45. The fourth-order valence-electron chi connectivity index (χ4n) is 1.77. The van der Waals surface area contributed by atoms with Crippen LogP contribution < -0.4 is 0 Å². The zero-order valence-electron chi connectivity index (χ0n) is 12.6. The molecule has 0 spiro atoms. The van der Waals surface area contributed by atoms with Crippen LogP contribution in [0, 0.1) is 11.3 Å². The molecule has 0 saturated heterocycles. The molecule has 0 aromatic carbocycles. The predicted molar refractivity (Wildman–Crippen MR) is 75.7 cm³/mol. The summed E-state index contributed by atoms with van der Waals surface area (Å²) in [4.78, 5) is 6.45. The Kier molecular flexibility index (Phi) is 9.86. The lowest BCUT2D eigenvalue weighted by Gasteiger charge is -2.25. The molecule has 0 heterocycles. The lowest BCUT2D eigenvalue weighted by Crippen LogP contribution is -2.42. The molecule has 0 aliphatic carbocycles. The Balaban J connectivity index is 5.07. The van der Waals surface area contributed by atoms with Crippen LogP contribution in [-0.2, 0) is 9.40 Å². The number of rotatable bonds is 10. The SMILES string of the molecule is CC(C)N(C(C)C)[P+](=O)N(OCCC#N)C(CO)CO. The molecule has 8 heteroatoms. The predicted octanol–water partition coefficient (Wildman–Crippen LogP) is 1.26. The zero-order chi connectivity index (χ0) is 15.7. The molecule has 7 nitrogen and oxygen atoms in total. The topological polar surface area (TPSA) is 97.0 Å². The van der Waals surface area contributed by atoms with Crippen LogP contribution in [0.25, 0.3) is 0 Å². The molecule has 0 radical (unpaired) electrons. The fourth-order valence-corrected chi connectivity index (χ4v) is 3.37. The van der Waals surface area contributed by atoms with Gasteiger partial charge < -0.3 is 10.2 Å². The Morgan fingerprint density at radius 2 is 1.70 bits per heavy atom. The number of hydrogen-bond acceptors (Lipinski definition) is 5. The Hall–Kier alpha value is -0.610. The molecule has 0 aliphatic heterocycles. The second-order valence-corrected chi connectivity index (χ2v) is 6.24. The molecule has 0 bridgehead atoms. The van der Waals surface area contributed by atoms with Gasteiger partial charge in [-0.25, -0.2) is 0 Å². The lowest BCUT2D eigenvalue weighted by atomic mass is 10.3. The van der Waals surface area contributed by atoms with Gasteiger partial charge in [0.05, 0.1) is 49.2 Å². The van der Waals surface area contributed by atoms with Gasteiger partial charge in [-0.15, -0.1) is 0 Å².